The highest BCUT2D eigenvalue weighted by Crippen LogP contribution is 2.29. The molecule has 0 radical (unpaired) electrons. The van der Waals surface area contributed by atoms with Crippen molar-refractivity contribution in [2.24, 2.45) is 5.92 Å². The minimum atomic E-state index is -0.105. The van der Waals surface area contributed by atoms with Gasteiger partial charge < -0.3 is 10.2 Å². The monoisotopic (exact) mass is 370 g/mol. The van der Waals surface area contributed by atoms with Crippen LogP contribution >= 0.6 is 11.6 Å². The average Bonchev–Trinajstić information content (AvgIpc) is 3.32. The highest BCUT2D eigenvalue weighted by atomic mass is 35.5. The second-order valence-electron chi connectivity index (χ2n) is 6.94. The Balaban J connectivity index is 1.40. The molecule has 2 aliphatic rings. The highest BCUT2D eigenvalue weighted by Gasteiger charge is 2.38. The van der Waals surface area contributed by atoms with E-state index in [1.807, 2.05) is 47.4 Å². The Morgan fingerprint density at radius 1 is 1.12 bits per heavy atom. The van der Waals surface area contributed by atoms with Crippen LogP contribution in [0.4, 0.5) is 5.69 Å². The van der Waals surface area contributed by atoms with Gasteiger partial charge in [-0.05, 0) is 36.2 Å². The lowest BCUT2D eigenvalue weighted by Gasteiger charge is -2.24. The third kappa shape index (κ3) is 3.70. The molecule has 0 spiro atoms. The van der Waals surface area contributed by atoms with Gasteiger partial charge in [0, 0.05) is 36.4 Å². The van der Waals surface area contributed by atoms with E-state index in [9.17, 15) is 4.79 Å². The van der Waals surface area contributed by atoms with Crippen molar-refractivity contribution in [2.75, 3.05) is 25.0 Å². The zero-order valence-corrected chi connectivity index (χ0v) is 15.2. The molecule has 2 fully saturated rings. The number of carbonyl (C=O) groups excluding carboxylic acids is 1. The van der Waals surface area contributed by atoms with Gasteiger partial charge in [-0.25, -0.2) is 5.43 Å². The van der Waals surface area contributed by atoms with Gasteiger partial charge in [-0.1, -0.05) is 41.9 Å². The first-order valence-electron chi connectivity index (χ1n) is 9.05. The zero-order valence-electron chi connectivity index (χ0n) is 14.5. The number of nitrogens with zero attached hydrogens (tertiary/aromatic N) is 1. The fraction of sp³-hybridized carbons (Fsp3) is 0.350. The smallest absolute Gasteiger partial charge is 0.229 e. The number of likely N-dealkylation sites (tertiary alicyclic amines) is 1. The van der Waals surface area contributed by atoms with E-state index in [-0.39, 0.29) is 17.9 Å². The Hall–Kier alpha value is -2.08. The molecule has 3 unspecified atom stereocenters. The maximum atomic E-state index is 13.1. The molecule has 4 rings (SSSR count). The van der Waals surface area contributed by atoms with Gasteiger partial charge in [0.2, 0.25) is 5.91 Å². The molecule has 1 amide bonds. The summed E-state index contributed by atoms with van der Waals surface area (Å²) in [6.45, 7) is 2.18. The molecule has 6 heteroatoms. The van der Waals surface area contributed by atoms with Gasteiger partial charge >= 0.3 is 0 Å². The van der Waals surface area contributed by atoms with Gasteiger partial charge in [0.05, 0.1) is 12.0 Å². The molecule has 3 atom stereocenters. The normalized spacial score (nSPS) is 25.4. The van der Waals surface area contributed by atoms with E-state index < -0.39 is 0 Å². The molecule has 2 aromatic rings. The van der Waals surface area contributed by atoms with Crippen molar-refractivity contribution < 1.29 is 4.79 Å². The van der Waals surface area contributed by atoms with Crippen LogP contribution in [-0.4, -0.2) is 36.5 Å². The van der Waals surface area contributed by atoms with E-state index in [4.69, 9.17) is 11.6 Å². The van der Waals surface area contributed by atoms with Crippen molar-refractivity contribution in [1.82, 2.24) is 15.8 Å². The second kappa shape index (κ2) is 7.66. The van der Waals surface area contributed by atoms with Crippen molar-refractivity contribution in [3.8, 4) is 0 Å². The lowest BCUT2D eigenvalue weighted by atomic mass is 9.94. The molecule has 26 heavy (non-hydrogen) atoms. The maximum Gasteiger partial charge on any atom is 0.229 e. The van der Waals surface area contributed by atoms with E-state index in [1.54, 1.807) is 0 Å². The van der Waals surface area contributed by atoms with Crippen LogP contribution in [0.5, 0.6) is 0 Å². The summed E-state index contributed by atoms with van der Waals surface area (Å²) in [7, 11) is 0. The Morgan fingerprint density at radius 3 is 2.65 bits per heavy atom. The summed E-state index contributed by atoms with van der Waals surface area (Å²) in [6, 6.07) is 18.2. The van der Waals surface area contributed by atoms with Crippen LogP contribution in [0.15, 0.2) is 54.6 Å². The third-order valence-electron chi connectivity index (χ3n) is 5.17. The zero-order chi connectivity index (χ0) is 17.9. The number of amides is 1. The summed E-state index contributed by atoms with van der Waals surface area (Å²) in [5.41, 5.74) is 8.57. The van der Waals surface area contributed by atoms with Crippen molar-refractivity contribution in [3.63, 3.8) is 0 Å². The second-order valence-corrected chi connectivity index (χ2v) is 7.38. The molecular weight excluding hydrogens is 348 g/mol. The van der Waals surface area contributed by atoms with Gasteiger partial charge in [-0.3, -0.25) is 10.2 Å². The summed E-state index contributed by atoms with van der Waals surface area (Å²) < 4.78 is 0. The molecular formula is C20H23ClN4O. The molecule has 5 nitrogen and oxygen atoms in total. The summed E-state index contributed by atoms with van der Waals surface area (Å²) in [5, 5.41) is 4.23. The van der Waals surface area contributed by atoms with E-state index in [0.717, 1.165) is 30.8 Å². The lowest BCUT2D eigenvalue weighted by Crippen LogP contribution is -2.39. The summed E-state index contributed by atoms with van der Waals surface area (Å²) in [6.07, 6.45) is 0.972. The van der Waals surface area contributed by atoms with E-state index in [1.165, 1.54) is 0 Å². The lowest BCUT2D eigenvalue weighted by molar-refractivity contribution is -0.134. The molecule has 136 valence electrons. The minimum Gasteiger partial charge on any atom is -0.380 e. The van der Waals surface area contributed by atoms with Crippen molar-refractivity contribution in [2.45, 2.75) is 18.5 Å². The Labute approximate surface area is 158 Å². The number of hydrazine groups is 1. The SMILES string of the molecule is O=C(C1CNNC1c1ccc(Cl)cc1)N1CCC(Nc2ccccc2)C1. The van der Waals surface area contributed by atoms with Gasteiger partial charge in [0.25, 0.3) is 0 Å². The minimum absolute atomic E-state index is 0.0269. The molecule has 2 aromatic carbocycles. The van der Waals surface area contributed by atoms with Crippen LogP contribution in [-0.2, 0) is 4.79 Å². The topological polar surface area (TPSA) is 56.4 Å². The molecule has 3 N–H and O–H groups in total. The number of nitrogens with one attached hydrogen (secondary N) is 3. The number of para-hydroxylation sites is 1. The first kappa shape index (κ1) is 17.3. The standard InChI is InChI=1S/C20H23ClN4O/c21-15-8-6-14(7-9-15)19-18(12-22-24-19)20(26)25-11-10-17(13-25)23-16-4-2-1-3-5-16/h1-9,17-19,22-24H,10-13H2. The first-order chi connectivity index (χ1) is 12.7. The fourth-order valence-electron chi connectivity index (χ4n) is 3.80. The summed E-state index contributed by atoms with van der Waals surface area (Å²) in [5.74, 6) is 0.103. The molecule has 0 bridgehead atoms. The number of carbonyl (C=O) groups is 1. The van der Waals surface area contributed by atoms with Crippen LogP contribution in [0.3, 0.4) is 0 Å². The Bertz CT molecular complexity index is 752. The van der Waals surface area contributed by atoms with Gasteiger partial charge in [-0.15, -0.1) is 0 Å². The predicted molar refractivity (Wildman–Crippen MR) is 104 cm³/mol. The van der Waals surface area contributed by atoms with Crippen LogP contribution in [0, 0.1) is 5.92 Å². The molecule has 0 aliphatic carbocycles. The Morgan fingerprint density at radius 2 is 1.88 bits per heavy atom. The molecule has 0 aromatic heterocycles. The number of benzene rings is 2. The van der Waals surface area contributed by atoms with Crippen molar-refractivity contribution in [1.29, 1.82) is 0 Å². The summed E-state index contributed by atoms with van der Waals surface area (Å²) >= 11 is 5.99. The van der Waals surface area contributed by atoms with Gasteiger partial charge in [-0.2, -0.15) is 0 Å². The first-order valence-corrected chi connectivity index (χ1v) is 9.43. The molecule has 0 saturated carbocycles. The molecule has 2 aliphatic heterocycles. The highest BCUT2D eigenvalue weighted by molar-refractivity contribution is 6.30. The number of hydrogen-bond acceptors (Lipinski definition) is 4. The van der Waals surface area contributed by atoms with Crippen LogP contribution in [0.1, 0.15) is 18.0 Å². The molecule has 2 heterocycles. The van der Waals surface area contributed by atoms with E-state index >= 15 is 0 Å². The number of halogens is 1. The predicted octanol–water partition coefficient (Wildman–Crippen LogP) is 2.82. The van der Waals surface area contributed by atoms with Crippen molar-refractivity contribution >= 4 is 23.2 Å². The number of hydrogen-bond donors (Lipinski definition) is 3. The van der Waals surface area contributed by atoms with Crippen LogP contribution < -0.4 is 16.2 Å². The fourth-order valence-corrected chi connectivity index (χ4v) is 3.92. The van der Waals surface area contributed by atoms with Gasteiger partial charge in [0.15, 0.2) is 0 Å². The van der Waals surface area contributed by atoms with E-state index in [2.05, 4.69) is 28.3 Å². The Kier molecular flexibility index (Phi) is 5.11. The summed E-state index contributed by atoms with van der Waals surface area (Å²) in [4.78, 5) is 15.1. The van der Waals surface area contributed by atoms with Crippen LogP contribution in [0.25, 0.3) is 0 Å². The quantitative estimate of drug-likeness (QED) is 0.774. The van der Waals surface area contributed by atoms with Gasteiger partial charge in [0.1, 0.15) is 0 Å². The third-order valence-corrected chi connectivity index (χ3v) is 5.42. The number of rotatable bonds is 4. The van der Waals surface area contributed by atoms with Crippen molar-refractivity contribution in [3.05, 3.63) is 65.2 Å². The maximum absolute atomic E-state index is 13.1. The average molecular weight is 371 g/mol. The molecule has 2 saturated heterocycles. The largest absolute Gasteiger partial charge is 0.380 e. The van der Waals surface area contributed by atoms with E-state index in [0.29, 0.717) is 17.6 Å². The van der Waals surface area contributed by atoms with Crippen LogP contribution in [0.2, 0.25) is 5.02 Å². The number of anilines is 1.